The summed E-state index contributed by atoms with van der Waals surface area (Å²) in [7, 11) is 2.89. The number of nitrogens with one attached hydrogen (secondary N) is 1. The Morgan fingerprint density at radius 2 is 1.74 bits per heavy atom. The van der Waals surface area contributed by atoms with Crippen molar-refractivity contribution in [2.45, 2.75) is 11.9 Å². The van der Waals surface area contributed by atoms with Crippen molar-refractivity contribution < 1.29 is 23.9 Å². The standard InChI is InChI=1S/C19H18N2O5S/c1-25-15-9-7-14(8-10-15)20-16-17(22)21(19(24)27-16)11-12-3-5-13(6-4-12)18(23)26-2/h3-10,16,20H,11H2,1-2H3/t16-/m1/s1. The maximum Gasteiger partial charge on any atom is 0.337 e. The van der Waals surface area contributed by atoms with Crippen LogP contribution in [0.4, 0.5) is 10.5 Å². The zero-order chi connectivity index (χ0) is 19.4. The lowest BCUT2D eigenvalue weighted by atomic mass is 10.1. The monoisotopic (exact) mass is 386 g/mol. The summed E-state index contributed by atoms with van der Waals surface area (Å²) in [6, 6.07) is 13.7. The topological polar surface area (TPSA) is 84.9 Å². The molecule has 2 aromatic rings. The molecule has 0 spiro atoms. The van der Waals surface area contributed by atoms with E-state index in [2.05, 4.69) is 10.1 Å². The second-order valence-corrected chi connectivity index (χ2v) is 6.81. The Morgan fingerprint density at radius 1 is 1.07 bits per heavy atom. The molecule has 0 radical (unpaired) electrons. The molecule has 0 unspecified atom stereocenters. The summed E-state index contributed by atoms with van der Waals surface area (Å²) in [5, 5.41) is 2.06. The number of rotatable bonds is 6. The summed E-state index contributed by atoms with van der Waals surface area (Å²) in [6.45, 7) is 0.146. The van der Waals surface area contributed by atoms with E-state index in [9.17, 15) is 14.4 Å². The van der Waals surface area contributed by atoms with Gasteiger partial charge in [0, 0.05) is 5.69 Å². The zero-order valence-electron chi connectivity index (χ0n) is 14.8. The van der Waals surface area contributed by atoms with Gasteiger partial charge in [0.25, 0.3) is 11.1 Å². The molecule has 2 amide bonds. The van der Waals surface area contributed by atoms with Crippen LogP contribution in [0, 0.1) is 0 Å². The van der Waals surface area contributed by atoms with Gasteiger partial charge >= 0.3 is 5.97 Å². The number of imide groups is 1. The molecule has 1 saturated heterocycles. The summed E-state index contributed by atoms with van der Waals surface area (Å²) >= 11 is 0.938. The molecule has 140 valence electrons. The maximum absolute atomic E-state index is 12.6. The molecule has 1 N–H and O–H groups in total. The molecule has 1 aliphatic heterocycles. The first-order valence-electron chi connectivity index (χ1n) is 8.11. The van der Waals surface area contributed by atoms with Gasteiger partial charge in [-0.25, -0.2) is 4.79 Å². The van der Waals surface area contributed by atoms with E-state index in [-0.39, 0.29) is 17.7 Å². The van der Waals surface area contributed by atoms with Gasteiger partial charge in [-0.15, -0.1) is 0 Å². The fourth-order valence-corrected chi connectivity index (χ4v) is 3.47. The highest BCUT2D eigenvalue weighted by atomic mass is 32.2. The van der Waals surface area contributed by atoms with E-state index in [1.54, 1.807) is 55.6 Å². The van der Waals surface area contributed by atoms with Crippen molar-refractivity contribution in [3.8, 4) is 5.75 Å². The van der Waals surface area contributed by atoms with Gasteiger partial charge in [-0.05, 0) is 53.7 Å². The van der Waals surface area contributed by atoms with Gasteiger partial charge in [0.05, 0.1) is 26.3 Å². The summed E-state index contributed by atoms with van der Waals surface area (Å²) in [4.78, 5) is 37.5. The minimum absolute atomic E-state index is 0.146. The average Bonchev–Trinajstić information content (AvgIpc) is 2.96. The number of nitrogens with zero attached hydrogens (tertiary/aromatic N) is 1. The van der Waals surface area contributed by atoms with Crippen LogP contribution in [0.5, 0.6) is 5.75 Å². The number of carbonyl (C=O) groups is 3. The lowest BCUT2D eigenvalue weighted by Gasteiger charge is -2.15. The van der Waals surface area contributed by atoms with Gasteiger partial charge < -0.3 is 14.8 Å². The number of hydrogen-bond donors (Lipinski definition) is 1. The van der Waals surface area contributed by atoms with E-state index < -0.39 is 11.3 Å². The summed E-state index contributed by atoms with van der Waals surface area (Å²) in [5.74, 6) is -0.0360. The first kappa shape index (κ1) is 18.8. The minimum Gasteiger partial charge on any atom is -0.497 e. The molecule has 0 bridgehead atoms. The van der Waals surface area contributed by atoms with Crippen molar-refractivity contribution in [1.82, 2.24) is 4.90 Å². The van der Waals surface area contributed by atoms with Crippen LogP contribution in [0.3, 0.4) is 0 Å². The number of benzene rings is 2. The first-order valence-corrected chi connectivity index (χ1v) is 8.99. The number of hydrogen-bond acceptors (Lipinski definition) is 7. The van der Waals surface area contributed by atoms with Crippen molar-refractivity contribution in [3.63, 3.8) is 0 Å². The Labute approximate surface area is 160 Å². The number of amides is 2. The predicted molar refractivity (Wildman–Crippen MR) is 102 cm³/mol. The van der Waals surface area contributed by atoms with Crippen molar-refractivity contribution in [1.29, 1.82) is 0 Å². The molecule has 3 rings (SSSR count). The van der Waals surface area contributed by atoms with Gasteiger partial charge in [0.2, 0.25) is 0 Å². The van der Waals surface area contributed by atoms with Crippen LogP contribution in [0.25, 0.3) is 0 Å². The van der Waals surface area contributed by atoms with Crippen LogP contribution in [0.15, 0.2) is 48.5 Å². The van der Waals surface area contributed by atoms with E-state index in [1.165, 1.54) is 12.0 Å². The van der Waals surface area contributed by atoms with Gasteiger partial charge in [0.15, 0.2) is 5.37 Å². The molecular weight excluding hydrogens is 368 g/mol. The molecule has 1 aliphatic rings. The maximum atomic E-state index is 12.6. The normalized spacial score (nSPS) is 16.4. The number of anilines is 1. The molecule has 8 heteroatoms. The Kier molecular flexibility index (Phi) is 5.66. The molecule has 0 aromatic heterocycles. The first-order chi connectivity index (χ1) is 13.0. The van der Waals surface area contributed by atoms with E-state index in [0.717, 1.165) is 23.0 Å². The van der Waals surface area contributed by atoms with Crippen LogP contribution < -0.4 is 10.1 Å². The molecule has 1 atom stereocenters. The quantitative estimate of drug-likeness (QED) is 0.764. The fraction of sp³-hybridized carbons (Fsp3) is 0.211. The third-order valence-corrected chi connectivity index (χ3v) is 5.01. The SMILES string of the molecule is COC(=O)c1ccc(CN2C(=O)S[C@@H](Nc3ccc(OC)cc3)C2=O)cc1. The van der Waals surface area contributed by atoms with Crippen LogP contribution >= 0.6 is 11.8 Å². The zero-order valence-corrected chi connectivity index (χ0v) is 15.6. The van der Waals surface area contributed by atoms with Crippen LogP contribution in [0.2, 0.25) is 0 Å². The predicted octanol–water partition coefficient (Wildman–Crippen LogP) is 3.12. The number of esters is 1. The minimum atomic E-state index is -0.680. The van der Waals surface area contributed by atoms with Crippen molar-refractivity contribution >= 4 is 34.6 Å². The molecule has 27 heavy (non-hydrogen) atoms. The summed E-state index contributed by atoms with van der Waals surface area (Å²) < 4.78 is 9.75. The number of ether oxygens (including phenoxy) is 2. The summed E-state index contributed by atoms with van der Waals surface area (Å²) in [5.41, 5.74) is 1.88. The van der Waals surface area contributed by atoms with E-state index in [4.69, 9.17) is 4.74 Å². The second-order valence-electron chi connectivity index (χ2n) is 5.75. The van der Waals surface area contributed by atoms with Crippen LogP contribution in [0.1, 0.15) is 15.9 Å². The molecule has 1 heterocycles. The van der Waals surface area contributed by atoms with Gasteiger partial charge in [0.1, 0.15) is 5.75 Å². The smallest absolute Gasteiger partial charge is 0.337 e. The van der Waals surface area contributed by atoms with Crippen LogP contribution in [-0.2, 0) is 16.1 Å². The Balaban J connectivity index is 1.65. The Morgan fingerprint density at radius 3 is 2.33 bits per heavy atom. The number of methoxy groups -OCH3 is 2. The highest BCUT2D eigenvalue weighted by Crippen LogP contribution is 2.30. The number of carbonyl (C=O) groups excluding carboxylic acids is 3. The highest BCUT2D eigenvalue weighted by molar-refractivity contribution is 8.15. The number of thioether (sulfide) groups is 1. The fourth-order valence-electron chi connectivity index (χ4n) is 2.57. The van der Waals surface area contributed by atoms with Crippen LogP contribution in [-0.4, -0.2) is 41.6 Å². The lowest BCUT2D eigenvalue weighted by molar-refractivity contribution is -0.126. The molecule has 7 nitrogen and oxygen atoms in total. The second kappa shape index (κ2) is 8.13. The van der Waals surface area contributed by atoms with Gasteiger partial charge in [-0.1, -0.05) is 12.1 Å². The van der Waals surface area contributed by atoms with E-state index in [0.29, 0.717) is 11.3 Å². The molecule has 0 aliphatic carbocycles. The molecule has 2 aromatic carbocycles. The van der Waals surface area contributed by atoms with Crippen molar-refractivity contribution in [2.75, 3.05) is 19.5 Å². The highest BCUT2D eigenvalue weighted by Gasteiger charge is 2.39. The largest absolute Gasteiger partial charge is 0.497 e. The third-order valence-electron chi connectivity index (χ3n) is 4.03. The van der Waals surface area contributed by atoms with E-state index in [1.807, 2.05) is 0 Å². The Bertz CT molecular complexity index is 851. The molecular formula is C19H18N2O5S. The van der Waals surface area contributed by atoms with Crippen molar-refractivity contribution in [2.24, 2.45) is 0 Å². The Hall–Kier alpha value is -3.00. The molecule has 0 saturated carbocycles. The third kappa shape index (κ3) is 4.22. The van der Waals surface area contributed by atoms with Gasteiger partial charge in [-0.2, -0.15) is 0 Å². The van der Waals surface area contributed by atoms with Crippen molar-refractivity contribution in [3.05, 3.63) is 59.7 Å². The molecule has 1 fully saturated rings. The lowest BCUT2D eigenvalue weighted by Crippen LogP contribution is -2.33. The van der Waals surface area contributed by atoms with E-state index >= 15 is 0 Å². The van der Waals surface area contributed by atoms with Gasteiger partial charge in [-0.3, -0.25) is 14.5 Å². The summed E-state index contributed by atoms with van der Waals surface area (Å²) in [6.07, 6.45) is 0. The average molecular weight is 386 g/mol.